The molecule has 0 saturated carbocycles. The minimum atomic E-state index is 0.192. The highest BCUT2D eigenvalue weighted by molar-refractivity contribution is 5.84. The molecule has 2 rings (SSSR count). The first-order valence-corrected chi connectivity index (χ1v) is 11.4. The van der Waals surface area contributed by atoms with E-state index in [0.29, 0.717) is 11.5 Å². The lowest BCUT2D eigenvalue weighted by Crippen LogP contribution is -1.89. The Morgan fingerprint density at radius 2 is 1.00 bits per heavy atom. The minimum Gasteiger partial charge on any atom is -0.507 e. The van der Waals surface area contributed by atoms with Crippen LogP contribution in [0.15, 0.2) is 46.4 Å². The number of hydrogen-bond acceptors (Lipinski definition) is 6. The highest BCUT2D eigenvalue weighted by Gasteiger charge is 2.01. The number of benzene rings is 2. The smallest absolute Gasteiger partial charge is 0.128 e. The van der Waals surface area contributed by atoms with Gasteiger partial charge in [0.05, 0.1) is 14.2 Å². The van der Waals surface area contributed by atoms with E-state index >= 15 is 0 Å². The van der Waals surface area contributed by atoms with Gasteiger partial charge >= 0.3 is 0 Å². The zero-order chi connectivity index (χ0) is 23.0. The van der Waals surface area contributed by atoms with Crippen LogP contribution in [0.25, 0.3) is 0 Å². The topological polar surface area (TPSA) is 83.6 Å². The standard InChI is InChI=1S/C26H36N2O4/c1-31-23-13-11-21(25(29)17-23)19-27-15-9-7-5-3-4-6-8-10-16-28-20-22-12-14-24(32-2)18-26(22)30/h11-14,17-20,29-30H,3-10,15-16H2,1-2H3/b27-19+,28-20+. The second kappa shape index (κ2) is 14.9. The van der Waals surface area contributed by atoms with Gasteiger partial charge in [-0.15, -0.1) is 0 Å². The molecule has 0 aliphatic carbocycles. The van der Waals surface area contributed by atoms with Gasteiger partial charge in [0.25, 0.3) is 0 Å². The zero-order valence-electron chi connectivity index (χ0n) is 19.3. The van der Waals surface area contributed by atoms with Crippen LogP contribution >= 0.6 is 0 Å². The fraction of sp³-hybridized carbons (Fsp3) is 0.462. The first kappa shape index (κ1) is 25.2. The monoisotopic (exact) mass is 440 g/mol. The Kier molecular flexibility index (Phi) is 11.7. The Morgan fingerprint density at radius 1 is 0.625 bits per heavy atom. The lowest BCUT2D eigenvalue weighted by atomic mass is 10.1. The minimum absolute atomic E-state index is 0.192. The second-order valence-electron chi connectivity index (χ2n) is 7.75. The Bertz CT molecular complexity index is 793. The molecule has 2 aromatic rings. The largest absolute Gasteiger partial charge is 0.507 e. The van der Waals surface area contributed by atoms with Crippen LogP contribution in [0.4, 0.5) is 0 Å². The third kappa shape index (κ3) is 9.41. The number of rotatable bonds is 15. The fourth-order valence-electron chi connectivity index (χ4n) is 3.31. The zero-order valence-corrected chi connectivity index (χ0v) is 19.3. The van der Waals surface area contributed by atoms with Crippen LogP contribution in [0.3, 0.4) is 0 Å². The predicted octanol–water partition coefficient (Wildman–Crippen LogP) is 5.77. The van der Waals surface area contributed by atoms with E-state index < -0.39 is 0 Å². The maximum Gasteiger partial charge on any atom is 0.128 e. The van der Waals surface area contributed by atoms with E-state index in [4.69, 9.17) is 9.47 Å². The van der Waals surface area contributed by atoms with Crippen molar-refractivity contribution in [2.24, 2.45) is 9.98 Å². The van der Waals surface area contributed by atoms with Crippen molar-refractivity contribution in [1.29, 1.82) is 0 Å². The van der Waals surface area contributed by atoms with E-state index in [2.05, 4.69) is 9.98 Å². The van der Waals surface area contributed by atoms with Crippen LogP contribution in [-0.2, 0) is 0 Å². The summed E-state index contributed by atoms with van der Waals surface area (Å²) < 4.78 is 10.2. The molecular weight excluding hydrogens is 404 g/mol. The molecule has 2 aromatic carbocycles. The van der Waals surface area contributed by atoms with Crippen molar-refractivity contribution < 1.29 is 19.7 Å². The SMILES string of the molecule is COc1ccc(/C=N/CCCCCCCCCC/N=C/c2ccc(OC)cc2O)c(O)c1. The number of aromatic hydroxyl groups is 2. The summed E-state index contributed by atoms with van der Waals surface area (Å²) in [6.07, 6.45) is 12.9. The molecule has 32 heavy (non-hydrogen) atoms. The van der Waals surface area contributed by atoms with Crippen molar-refractivity contribution in [3.8, 4) is 23.0 Å². The molecular formula is C26H36N2O4. The number of methoxy groups -OCH3 is 2. The van der Waals surface area contributed by atoms with E-state index in [1.165, 1.54) is 38.5 Å². The van der Waals surface area contributed by atoms with E-state index in [0.717, 1.165) is 37.1 Å². The van der Waals surface area contributed by atoms with Gasteiger partial charge in [-0.05, 0) is 37.1 Å². The summed E-state index contributed by atoms with van der Waals surface area (Å²) in [6.45, 7) is 1.57. The van der Waals surface area contributed by atoms with Crippen molar-refractivity contribution in [2.45, 2.75) is 51.4 Å². The highest BCUT2D eigenvalue weighted by Crippen LogP contribution is 2.22. The van der Waals surface area contributed by atoms with Gasteiger partial charge in [0.1, 0.15) is 23.0 Å². The lowest BCUT2D eigenvalue weighted by Gasteiger charge is -2.03. The molecule has 0 bridgehead atoms. The van der Waals surface area contributed by atoms with Gasteiger partial charge in [0, 0.05) is 48.8 Å². The van der Waals surface area contributed by atoms with Crippen LogP contribution in [0.1, 0.15) is 62.5 Å². The summed E-state index contributed by atoms with van der Waals surface area (Å²) in [6, 6.07) is 10.5. The van der Waals surface area contributed by atoms with E-state index in [1.54, 1.807) is 38.8 Å². The first-order chi connectivity index (χ1) is 15.6. The van der Waals surface area contributed by atoms with Crippen LogP contribution in [0, 0.1) is 0 Å². The number of phenolic OH excluding ortho intramolecular Hbond substituents is 2. The summed E-state index contributed by atoms with van der Waals surface area (Å²) in [5.41, 5.74) is 1.44. The normalized spacial score (nSPS) is 11.4. The molecule has 2 N–H and O–H groups in total. The number of aliphatic imine (C=N–C) groups is 2. The third-order valence-corrected chi connectivity index (χ3v) is 5.26. The Labute approximate surface area is 191 Å². The fourth-order valence-corrected chi connectivity index (χ4v) is 3.31. The van der Waals surface area contributed by atoms with Crippen LogP contribution < -0.4 is 9.47 Å². The lowest BCUT2D eigenvalue weighted by molar-refractivity contribution is 0.407. The van der Waals surface area contributed by atoms with Gasteiger partial charge < -0.3 is 19.7 Å². The van der Waals surface area contributed by atoms with Gasteiger partial charge in [-0.25, -0.2) is 0 Å². The molecule has 0 fully saturated rings. The Morgan fingerprint density at radius 3 is 1.34 bits per heavy atom. The average molecular weight is 441 g/mol. The second-order valence-corrected chi connectivity index (χ2v) is 7.75. The van der Waals surface area contributed by atoms with E-state index in [1.807, 2.05) is 24.3 Å². The summed E-state index contributed by atoms with van der Waals surface area (Å²) >= 11 is 0. The molecule has 6 heteroatoms. The van der Waals surface area contributed by atoms with Gasteiger partial charge in [0.2, 0.25) is 0 Å². The third-order valence-electron chi connectivity index (χ3n) is 5.26. The summed E-state index contributed by atoms with van der Waals surface area (Å²) in [4.78, 5) is 8.82. The highest BCUT2D eigenvalue weighted by atomic mass is 16.5. The van der Waals surface area contributed by atoms with Crippen molar-refractivity contribution in [2.75, 3.05) is 27.3 Å². The molecule has 0 saturated heterocycles. The van der Waals surface area contributed by atoms with Crippen LogP contribution in [0.2, 0.25) is 0 Å². The number of nitrogens with zero attached hydrogens (tertiary/aromatic N) is 2. The number of hydrogen-bond donors (Lipinski definition) is 2. The first-order valence-electron chi connectivity index (χ1n) is 11.4. The summed E-state index contributed by atoms with van der Waals surface area (Å²) in [5, 5.41) is 19.8. The van der Waals surface area contributed by atoms with E-state index in [9.17, 15) is 10.2 Å². The van der Waals surface area contributed by atoms with Gasteiger partial charge in [0.15, 0.2) is 0 Å². The van der Waals surface area contributed by atoms with Gasteiger partial charge in [-0.3, -0.25) is 9.98 Å². The van der Waals surface area contributed by atoms with Gasteiger partial charge in [-0.2, -0.15) is 0 Å². The molecule has 0 aliphatic rings. The molecule has 0 spiro atoms. The quantitative estimate of drug-likeness (QED) is 0.272. The molecule has 0 heterocycles. The predicted molar refractivity (Wildman–Crippen MR) is 131 cm³/mol. The molecule has 0 radical (unpaired) electrons. The number of ether oxygens (including phenoxy) is 2. The molecule has 0 unspecified atom stereocenters. The van der Waals surface area contributed by atoms with Crippen LogP contribution in [-0.4, -0.2) is 50.0 Å². The maximum absolute atomic E-state index is 9.90. The average Bonchev–Trinajstić information content (AvgIpc) is 2.80. The molecule has 6 nitrogen and oxygen atoms in total. The van der Waals surface area contributed by atoms with Crippen LogP contribution in [0.5, 0.6) is 23.0 Å². The Balaban J connectivity index is 1.45. The van der Waals surface area contributed by atoms with Crippen molar-refractivity contribution >= 4 is 12.4 Å². The Hall–Kier alpha value is -3.02. The number of phenols is 2. The molecule has 0 aliphatic heterocycles. The summed E-state index contributed by atoms with van der Waals surface area (Å²) in [7, 11) is 3.16. The van der Waals surface area contributed by atoms with Crippen molar-refractivity contribution in [3.63, 3.8) is 0 Å². The van der Waals surface area contributed by atoms with Gasteiger partial charge in [-0.1, -0.05) is 38.5 Å². The molecule has 0 atom stereocenters. The van der Waals surface area contributed by atoms with E-state index in [-0.39, 0.29) is 11.5 Å². The maximum atomic E-state index is 9.90. The van der Waals surface area contributed by atoms with Crippen molar-refractivity contribution in [1.82, 2.24) is 0 Å². The molecule has 174 valence electrons. The molecule has 0 amide bonds. The van der Waals surface area contributed by atoms with Crippen molar-refractivity contribution in [3.05, 3.63) is 47.5 Å². The molecule has 0 aromatic heterocycles. The number of unbranched alkanes of at least 4 members (excludes halogenated alkanes) is 7. The summed E-state index contributed by atoms with van der Waals surface area (Å²) in [5.74, 6) is 1.66.